The van der Waals surface area contributed by atoms with E-state index in [4.69, 9.17) is 5.11 Å². The molecule has 236 valence electrons. The second-order valence-electron chi connectivity index (χ2n) is 9.04. The molecule has 0 aliphatic rings. The number of rotatable bonds is 13. The highest BCUT2D eigenvalue weighted by atomic mass is 19.4. The molecule has 0 fully saturated rings. The van der Waals surface area contributed by atoms with Crippen LogP contribution in [0.4, 0.5) is 18.9 Å². The van der Waals surface area contributed by atoms with Gasteiger partial charge in [0.1, 0.15) is 0 Å². The van der Waals surface area contributed by atoms with Crippen LogP contribution in [0, 0.1) is 0 Å². The minimum absolute atomic E-state index is 0.115. The molecule has 0 aliphatic heterocycles. The third kappa shape index (κ3) is 13.3. The number of hydrogen-bond donors (Lipinski definition) is 5. The lowest BCUT2D eigenvalue weighted by Crippen LogP contribution is -2.29. The summed E-state index contributed by atoms with van der Waals surface area (Å²) in [4.78, 5) is 25.8. The number of alkyl halides is 3. The number of hydrogen-bond acceptors (Lipinski definition) is 5. The van der Waals surface area contributed by atoms with Crippen molar-refractivity contribution in [1.29, 1.82) is 0 Å². The number of aliphatic hydroxyl groups is 1. The molecule has 0 aliphatic carbocycles. The van der Waals surface area contributed by atoms with E-state index in [1.165, 1.54) is 12.1 Å². The lowest BCUT2D eigenvalue weighted by molar-refractivity contribution is -0.137. The monoisotopic (exact) mass is 602 g/mol. The molecule has 0 heterocycles. The van der Waals surface area contributed by atoms with E-state index in [0.717, 1.165) is 17.7 Å². The van der Waals surface area contributed by atoms with Gasteiger partial charge in [-0.15, -0.1) is 0 Å². The summed E-state index contributed by atoms with van der Waals surface area (Å²) >= 11 is 0. The SMILES string of the molecule is CC.CC.C[C@@H](NC(=O)c1cc(NCCO)cc(C(=O)NCCCNCc2cccc(C(F)(F)F)c2)c1)c1ccccc1. The first kappa shape index (κ1) is 37.1. The maximum absolute atomic E-state index is 13.0. The maximum Gasteiger partial charge on any atom is 0.416 e. The zero-order chi connectivity index (χ0) is 32.3. The molecule has 0 aromatic heterocycles. The molecule has 0 bridgehead atoms. The lowest BCUT2D eigenvalue weighted by atomic mass is 10.1. The molecule has 0 radical (unpaired) electrons. The Morgan fingerprint density at radius 2 is 1.47 bits per heavy atom. The molecule has 2 amide bonds. The number of benzene rings is 3. The first-order chi connectivity index (χ1) is 20.7. The van der Waals surface area contributed by atoms with Crippen molar-refractivity contribution in [1.82, 2.24) is 16.0 Å². The van der Waals surface area contributed by atoms with Gasteiger partial charge in [-0.05, 0) is 55.3 Å². The minimum atomic E-state index is -4.38. The van der Waals surface area contributed by atoms with E-state index in [0.29, 0.717) is 36.3 Å². The fourth-order valence-electron chi connectivity index (χ4n) is 3.90. The fraction of sp³-hybridized carbons (Fsp3) is 0.394. The number of carbonyl (C=O) groups excluding carboxylic acids is 2. The Bertz CT molecular complexity index is 1240. The summed E-state index contributed by atoms with van der Waals surface area (Å²) in [5.74, 6) is -0.711. The number of aliphatic hydroxyl groups excluding tert-OH is 1. The minimum Gasteiger partial charge on any atom is -0.395 e. The molecule has 5 N–H and O–H groups in total. The zero-order valence-electron chi connectivity index (χ0n) is 25.6. The van der Waals surface area contributed by atoms with Crippen molar-refractivity contribution in [2.45, 2.75) is 59.8 Å². The predicted molar refractivity (Wildman–Crippen MR) is 167 cm³/mol. The molecule has 10 heteroatoms. The summed E-state index contributed by atoms with van der Waals surface area (Å²) in [5.41, 5.74) is 1.89. The van der Waals surface area contributed by atoms with Crippen LogP contribution in [0.25, 0.3) is 0 Å². The quantitative estimate of drug-likeness (QED) is 0.143. The molecule has 0 unspecified atom stereocenters. The molecule has 3 aromatic carbocycles. The third-order valence-electron chi connectivity index (χ3n) is 5.94. The van der Waals surface area contributed by atoms with E-state index in [9.17, 15) is 22.8 Å². The summed E-state index contributed by atoms with van der Waals surface area (Å²) in [7, 11) is 0. The van der Waals surface area contributed by atoms with Crippen molar-refractivity contribution < 1.29 is 27.9 Å². The molecule has 43 heavy (non-hydrogen) atoms. The highest BCUT2D eigenvalue weighted by Gasteiger charge is 2.30. The fourth-order valence-corrected chi connectivity index (χ4v) is 3.90. The van der Waals surface area contributed by atoms with E-state index in [-0.39, 0.29) is 43.1 Å². The van der Waals surface area contributed by atoms with Gasteiger partial charge in [0.25, 0.3) is 11.8 Å². The van der Waals surface area contributed by atoms with Crippen LogP contribution in [0.3, 0.4) is 0 Å². The highest BCUT2D eigenvalue weighted by molar-refractivity contribution is 6.01. The lowest BCUT2D eigenvalue weighted by Gasteiger charge is -2.16. The molecule has 0 spiro atoms. The molecule has 3 rings (SSSR count). The topological polar surface area (TPSA) is 102 Å². The molecule has 7 nitrogen and oxygen atoms in total. The summed E-state index contributed by atoms with van der Waals surface area (Å²) in [6, 6.07) is 19.1. The van der Waals surface area contributed by atoms with Crippen molar-refractivity contribution in [3.8, 4) is 0 Å². The maximum atomic E-state index is 13.0. The van der Waals surface area contributed by atoms with Crippen molar-refractivity contribution in [3.63, 3.8) is 0 Å². The van der Waals surface area contributed by atoms with Gasteiger partial charge in [0.05, 0.1) is 18.2 Å². The van der Waals surface area contributed by atoms with Gasteiger partial charge in [0.2, 0.25) is 0 Å². The average molecular weight is 603 g/mol. The van der Waals surface area contributed by atoms with E-state index < -0.39 is 11.7 Å². The van der Waals surface area contributed by atoms with Crippen LogP contribution < -0.4 is 21.3 Å². The Balaban J connectivity index is 0.00000221. The molecular formula is C33H45F3N4O3. The van der Waals surface area contributed by atoms with Crippen LogP contribution >= 0.6 is 0 Å². The number of nitrogens with one attached hydrogen (secondary N) is 4. The van der Waals surface area contributed by atoms with Crippen molar-refractivity contribution in [3.05, 3.63) is 101 Å². The van der Waals surface area contributed by atoms with E-state index >= 15 is 0 Å². The van der Waals surface area contributed by atoms with Crippen LogP contribution in [0.15, 0.2) is 72.8 Å². The van der Waals surface area contributed by atoms with Crippen LogP contribution in [0.5, 0.6) is 0 Å². The van der Waals surface area contributed by atoms with Crippen molar-refractivity contribution in [2.75, 3.05) is 31.6 Å². The third-order valence-corrected chi connectivity index (χ3v) is 5.94. The molecule has 0 saturated heterocycles. The number of halogens is 3. The van der Waals surface area contributed by atoms with Gasteiger partial charge in [-0.25, -0.2) is 0 Å². The van der Waals surface area contributed by atoms with Gasteiger partial charge in [-0.3, -0.25) is 9.59 Å². The van der Waals surface area contributed by atoms with Gasteiger partial charge in [0, 0.05) is 36.4 Å². The first-order valence-electron chi connectivity index (χ1n) is 14.7. The summed E-state index contributed by atoms with van der Waals surface area (Å²) in [6.45, 7) is 11.1. The summed E-state index contributed by atoms with van der Waals surface area (Å²) in [6.07, 6.45) is -3.83. The van der Waals surface area contributed by atoms with Gasteiger partial charge in [-0.1, -0.05) is 76.2 Å². The van der Waals surface area contributed by atoms with Crippen LogP contribution in [0.2, 0.25) is 0 Å². The molecule has 1 atom stereocenters. The molecule has 0 saturated carbocycles. The van der Waals surface area contributed by atoms with Gasteiger partial charge >= 0.3 is 6.18 Å². The standard InChI is InChI=1S/C29H33F3N4O3.2C2H6/c1-20(22-8-3-2-4-9-22)36-28(39)24-16-23(17-26(18-24)34-13-14-37)27(38)35-12-6-11-33-19-21-7-5-10-25(15-21)29(30,31)32;2*1-2/h2-5,7-10,15-18,20,33-34,37H,6,11-14,19H2,1H3,(H,35,38)(H,36,39);2*1-2H3/t20-;;/m1../s1. The smallest absolute Gasteiger partial charge is 0.395 e. The van der Waals surface area contributed by atoms with E-state index in [1.807, 2.05) is 65.0 Å². The Morgan fingerprint density at radius 3 is 2.09 bits per heavy atom. The summed E-state index contributed by atoms with van der Waals surface area (Å²) < 4.78 is 38.6. The Morgan fingerprint density at radius 1 is 0.814 bits per heavy atom. The number of anilines is 1. The molecular weight excluding hydrogens is 557 g/mol. The van der Waals surface area contributed by atoms with Crippen molar-refractivity contribution in [2.24, 2.45) is 0 Å². The van der Waals surface area contributed by atoms with E-state index in [1.54, 1.807) is 18.2 Å². The van der Waals surface area contributed by atoms with Crippen molar-refractivity contribution >= 4 is 17.5 Å². The summed E-state index contributed by atoms with van der Waals surface area (Å²) in [5, 5.41) is 21.0. The van der Waals surface area contributed by atoms with E-state index in [2.05, 4.69) is 21.3 Å². The zero-order valence-corrected chi connectivity index (χ0v) is 25.6. The first-order valence-corrected chi connectivity index (χ1v) is 14.7. The second kappa shape index (κ2) is 20.1. The second-order valence-corrected chi connectivity index (χ2v) is 9.04. The predicted octanol–water partition coefficient (Wildman–Crippen LogP) is 6.56. The van der Waals surface area contributed by atoms with Gasteiger partial charge < -0.3 is 26.4 Å². The number of amides is 2. The van der Waals surface area contributed by atoms with Crippen LogP contribution in [0.1, 0.15) is 84.5 Å². The average Bonchev–Trinajstić information content (AvgIpc) is 3.03. The number of carbonyl (C=O) groups is 2. The Labute approximate surface area is 253 Å². The molecule has 3 aromatic rings. The van der Waals surface area contributed by atoms with Crippen LogP contribution in [-0.2, 0) is 12.7 Å². The van der Waals surface area contributed by atoms with Gasteiger partial charge in [-0.2, -0.15) is 13.2 Å². The van der Waals surface area contributed by atoms with Crippen LogP contribution in [-0.4, -0.2) is 43.2 Å². The Hall–Kier alpha value is -3.89. The normalized spacial score (nSPS) is 11.2. The highest BCUT2D eigenvalue weighted by Crippen LogP contribution is 2.29. The Kier molecular flexibility index (Phi) is 17.4. The van der Waals surface area contributed by atoms with Gasteiger partial charge in [0.15, 0.2) is 0 Å². The largest absolute Gasteiger partial charge is 0.416 e.